The summed E-state index contributed by atoms with van der Waals surface area (Å²) in [5.41, 5.74) is -0.407. The molecule has 0 unspecified atom stereocenters. The Morgan fingerprint density at radius 2 is 1.95 bits per heavy atom. The van der Waals surface area contributed by atoms with E-state index in [1.807, 2.05) is 0 Å². The lowest BCUT2D eigenvalue weighted by atomic mass is 10.2. The summed E-state index contributed by atoms with van der Waals surface area (Å²) in [5, 5.41) is 0.424. The van der Waals surface area contributed by atoms with E-state index in [0.29, 0.717) is 21.2 Å². The first-order valence-corrected chi connectivity index (χ1v) is 6.33. The third-order valence-corrected chi connectivity index (χ3v) is 3.41. The van der Waals surface area contributed by atoms with Gasteiger partial charge < -0.3 is 4.98 Å². The minimum absolute atomic E-state index is 0.298. The van der Waals surface area contributed by atoms with Gasteiger partial charge in [0.2, 0.25) is 0 Å². The number of rotatable bonds is 1. The van der Waals surface area contributed by atoms with Gasteiger partial charge >= 0.3 is 5.69 Å². The number of aromatic nitrogens is 3. The zero-order valence-electron chi connectivity index (χ0n) is 9.63. The number of hydrogen-bond donors (Lipinski definition) is 1. The molecule has 0 aliphatic rings. The fourth-order valence-corrected chi connectivity index (χ4v) is 2.45. The maximum atomic E-state index is 12.4. The molecule has 6 heteroatoms. The molecule has 0 fully saturated rings. The number of nitrogens with zero attached hydrogens (tertiary/aromatic N) is 2. The first-order chi connectivity index (χ1) is 9.18. The van der Waals surface area contributed by atoms with E-state index in [9.17, 15) is 9.59 Å². The molecule has 2 heterocycles. The minimum Gasteiger partial charge on any atom is -0.306 e. The second-order valence-electron chi connectivity index (χ2n) is 3.92. The van der Waals surface area contributed by atoms with E-state index in [-0.39, 0.29) is 0 Å². The number of hydrogen-bond acceptors (Lipinski definition) is 3. The van der Waals surface area contributed by atoms with Crippen molar-refractivity contribution < 1.29 is 0 Å². The first kappa shape index (κ1) is 11.9. The van der Waals surface area contributed by atoms with E-state index in [1.165, 1.54) is 6.20 Å². The lowest BCUT2D eigenvalue weighted by Gasteiger charge is -2.06. The number of aromatic amines is 1. The maximum absolute atomic E-state index is 12.4. The van der Waals surface area contributed by atoms with E-state index in [0.717, 1.165) is 4.57 Å². The van der Waals surface area contributed by atoms with Crippen molar-refractivity contribution in [2.24, 2.45) is 0 Å². The molecule has 0 bridgehead atoms. The van der Waals surface area contributed by atoms with Crippen molar-refractivity contribution >= 4 is 26.8 Å². The van der Waals surface area contributed by atoms with Gasteiger partial charge in [0.15, 0.2) is 0 Å². The Morgan fingerprint density at radius 3 is 2.68 bits per heavy atom. The van der Waals surface area contributed by atoms with Crippen molar-refractivity contribution in [3.63, 3.8) is 0 Å². The van der Waals surface area contributed by atoms with Gasteiger partial charge in [0.25, 0.3) is 5.56 Å². The van der Waals surface area contributed by atoms with Crippen LogP contribution in [0.4, 0.5) is 0 Å². The van der Waals surface area contributed by atoms with Crippen LogP contribution in [0.2, 0.25) is 0 Å². The number of nitrogens with one attached hydrogen (secondary N) is 1. The van der Waals surface area contributed by atoms with Crippen LogP contribution < -0.4 is 11.2 Å². The summed E-state index contributed by atoms with van der Waals surface area (Å²) in [6, 6.07) is 10.3. The van der Waals surface area contributed by atoms with Crippen molar-refractivity contribution in [3.8, 4) is 5.82 Å². The Kier molecular flexibility index (Phi) is 2.79. The Balaban J connectivity index is 2.49. The van der Waals surface area contributed by atoms with Gasteiger partial charge in [0.05, 0.1) is 10.9 Å². The predicted octanol–water partition coefficient (Wildman–Crippen LogP) is 1.84. The second kappa shape index (κ2) is 4.47. The minimum atomic E-state index is -0.505. The number of benzene rings is 1. The lowest BCUT2D eigenvalue weighted by Crippen LogP contribution is -2.34. The average Bonchev–Trinajstić information content (AvgIpc) is 2.39. The standard InChI is InChI=1S/C13H8BrN3O2/c14-8-4-3-5-9-11(8)12(18)17(13(19)16-9)10-6-1-2-7-15-10/h1-7H,(H,16,19). The molecule has 5 nitrogen and oxygen atoms in total. The molecular weight excluding hydrogens is 310 g/mol. The average molecular weight is 318 g/mol. The van der Waals surface area contributed by atoms with E-state index < -0.39 is 11.2 Å². The van der Waals surface area contributed by atoms with Crippen molar-refractivity contribution in [1.82, 2.24) is 14.5 Å². The van der Waals surface area contributed by atoms with Crippen LogP contribution >= 0.6 is 15.9 Å². The Bertz CT molecular complexity index is 868. The third kappa shape index (κ3) is 1.90. The molecule has 3 rings (SSSR count). The number of fused-ring (bicyclic) bond motifs is 1. The summed E-state index contributed by atoms with van der Waals surface area (Å²) in [4.78, 5) is 31.2. The molecule has 94 valence electrons. The second-order valence-corrected chi connectivity index (χ2v) is 4.78. The van der Waals surface area contributed by atoms with Gasteiger partial charge in [0.1, 0.15) is 5.82 Å². The zero-order valence-corrected chi connectivity index (χ0v) is 11.2. The van der Waals surface area contributed by atoms with E-state index in [2.05, 4.69) is 25.9 Å². The molecule has 1 N–H and O–H groups in total. The monoisotopic (exact) mass is 317 g/mol. The molecule has 0 saturated heterocycles. The molecule has 3 aromatic rings. The zero-order chi connectivity index (χ0) is 13.4. The van der Waals surface area contributed by atoms with Gasteiger partial charge in [-0.15, -0.1) is 0 Å². The van der Waals surface area contributed by atoms with Crippen LogP contribution in [0.1, 0.15) is 0 Å². The van der Waals surface area contributed by atoms with Crippen molar-refractivity contribution in [2.75, 3.05) is 0 Å². The van der Waals surface area contributed by atoms with Crippen LogP contribution in [0, 0.1) is 0 Å². The topological polar surface area (TPSA) is 67.8 Å². The molecule has 0 amide bonds. The van der Waals surface area contributed by atoms with Crippen LogP contribution in [0.25, 0.3) is 16.7 Å². The summed E-state index contributed by atoms with van der Waals surface area (Å²) in [7, 11) is 0. The lowest BCUT2D eigenvalue weighted by molar-refractivity contribution is 0.868. The smallest absolute Gasteiger partial charge is 0.306 e. The molecule has 0 atom stereocenters. The van der Waals surface area contributed by atoms with Gasteiger partial charge in [-0.25, -0.2) is 14.3 Å². The highest BCUT2D eigenvalue weighted by atomic mass is 79.9. The van der Waals surface area contributed by atoms with Crippen LogP contribution in [0.15, 0.2) is 56.7 Å². The Labute approximate surface area is 115 Å². The fraction of sp³-hybridized carbons (Fsp3) is 0. The fourth-order valence-electron chi connectivity index (χ4n) is 1.91. The largest absolute Gasteiger partial charge is 0.334 e. The predicted molar refractivity (Wildman–Crippen MR) is 75.7 cm³/mol. The number of H-pyrrole nitrogens is 1. The van der Waals surface area contributed by atoms with Crippen LogP contribution in [0.5, 0.6) is 0 Å². The molecule has 2 aromatic heterocycles. The van der Waals surface area contributed by atoms with E-state index >= 15 is 0 Å². The molecule has 1 aromatic carbocycles. The van der Waals surface area contributed by atoms with Gasteiger partial charge in [-0.05, 0) is 40.2 Å². The molecular formula is C13H8BrN3O2. The van der Waals surface area contributed by atoms with E-state index in [4.69, 9.17) is 0 Å². The summed E-state index contributed by atoms with van der Waals surface area (Å²) >= 11 is 3.32. The van der Waals surface area contributed by atoms with Crippen LogP contribution in [0.3, 0.4) is 0 Å². The van der Waals surface area contributed by atoms with Gasteiger partial charge in [-0.2, -0.15) is 0 Å². The van der Waals surface area contributed by atoms with Gasteiger partial charge in [0, 0.05) is 10.7 Å². The SMILES string of the molecule is O=c1[nH]c2cccc(Br)c2c(=O)n1-c1ccccn1. The molecule has 0 radical (unpaired) electrons. The normalized spacial score (nSPS) is 10.8. The number of pyridine rings is 1. The molecule has 19 heavy (non-hydrogen) atoms. The first-order valence-electron chi connectivity index (χ1n) is 5.53. The third-order valence-electron chi connectivity index (χ3n) is 2.75. The van der Waals surface area contributed by atoms with E-state index in [1.54, 1.807) is 36.4 Å². The van der Waals surface area contributed by atoms with Crippen LogP contribution in [-0.4, -0.2) is 14.5 Å². The highest BCUT2D eigenvalue weighted by Crippen LogP contribution is 2.18. The molecule has 0 aliphatic carbocycles. The van der Waals surface area contributed by atoms with Crippen molar-refractivity contribution in [3.05, 3.63) is 67.9 Å². The summed E-state index contributed by atoms with van der Waals surface area (Å²) in [6.07, 6.45) is 1.53. The van der Waals surface area contributed by atoms with Crippen LogP contribution in [-0.2, 0) is 0 Å². The number of halogens is 1. The van der Waals surface area contributed by atoms with Gasteiger partial charge in [-0.1, -0.05) is 12.1 Å². The van der Waals surface area contributed by atoms with Crippen molar-refractivity contribution in [1.29, 1.82) is 0 Å². The molecule has 0 saturated carbocycles. The van der Waals surface area contributed by atoms with Crippen molar-refractivity contribution in [2.45, 2.75) is 0 Å². The summed E-state index contributed by atoms with van der Waals surface area (Å²) < 4.78 is 1.66. The molecule has 0 aliphatic heterocycles. The summed E-state index contributed by atoms with van der Waals surface area (Å²) in [6.45, 7) is 0. The highest BCUT2D eigenvalue weighted by molar-refractivity contribution is 9.10. The highest BCUT2D eigenvalue weighted by Gasteiger charge is 2.11. The summed E-state index contributed by atoms with van der Waals surface area (Å²) in [5.74, 6) is 0.298. The van der Waals surface area contributed by atoms with Gasteiger partial charge in [-0.3, -0.25) is 4.79 Å². The quantitative estimate of drug-likeness (QED) is 0.744. The maximum Gasteiger partial charge on any atom is 0.334 e. The Hall–Kier alpha value is -2.21. The Morgan fingerprint density at radius 1 is 1.11 bits per heavy atom. The molecule has 0 spiro atoms.